The van der Waals surface area contributed by atoms with Crippen LogP contribution >= 0.6 is 0 Å². The Bertz CT molecular complexity index is 941. The van der Waals surface area contributed by atoms with Gasteiger partial charge in [-0.1, -0.05) is 60.7 Å². The van der Waals surface area contributed by atoms with Crippen LogP contribution < -0.4 is 9.47 Å². The third kappa shape index (κ3) is 3.73. The molecule has 0 bridgehead atoms. The van der Waals surface area contributed by atoms with Gasteiger partial charge in [-0.15, -0.1) is 0 Å². The van der Waals surface area contributed by atoms with E-state index in [0.717, 1.165) is 11.1 Å². The molecule has 0 amide bonds. The Balaban J connectivity index is 1.73. The van der Waals surface area contributed by atoms with E-state index in [9.17, 15) is 10.1 Å². The molecule has 0 atom stereocenters. The zero-order valence-corrected chi connectivity index (χ0v) is 14.3. The Morgan fingerprint density at radius 1 is 0.923 bits per heavy atom. The Kier molecular flexibility index (Phi) is 5.31. The van der Waals surface area contributed by atoms with Crippen molar-refractivity contribution in [2.24, 2.45) is 0 Å². The van der Waals surface area contributed by atoms with Crippen LogP contribution in [0.5, 0.6) is 11.5 Å². The lowest BCUT2D eigenvalue weighted by Gasteiger charge is -2.11. The van der Waals surface area contributed by atoms with Gasteiger partial charge in [0.25, 0.3) is 0 Å². The fourth-order valence-corrected chi connectivity index (χ4v) is 2.61. The third-order valence-electron chi connectivity index (χ3n) is 3.98. The predicted octanol–water partition coefficient (Wildman–Crippen LogP) is 4.50. The number of Topliss-reactive ketones (excluding diaryl/α,β-unsaturated/α-hetero) is 1. The van der Waals surface area contributed by atoms with Gasteiger partial charge in [0.2, 0.25) is 0 Å². The van der Waals surface area contributed by atoms with E-state index in [2.05, 4.69) is 0 Å². The van der Waals surface area contributed by atoms with Gasteiger partial charge in [-0.05, 0) is 23.3 Å². The molecule has 26 heavy (non-hydrogen) atoms. The second-order valence-corrected chi connectivity index (χ2v) is 5.60. The van der Waals surface area contributed by atoms with Crippen LogP contribution in [0, 0.1) is 11.3 Å². The molecule has 3 rings (SSSR count). The first-order valence-corrected chi connectivity index (χ1v) is 8.11. The number of nitrogens with zero attached hydrogens (tertiary/aromatic N) is 1. The van der Waals surface area contributed by atoms with Gasteiger partial charge in [0.1, 0.15) is 6.07 Å². The summed E-state index contributed by atoms with van der Waals surface area (Å²) in [5.74, 6) is 0.544. The molecule has 0 aliphatic carbocycles. The normalized spacial score (nSPS) is 10.0. The first kappa shape index (κ1) is 17.2. The number of rotatable bonds is 6. The maximum atomic E-state index is 12.4. The van der Waals surface area contributed by atoms with Crippen molar-refractivity contribution in [3.05, 3.63) is 83.9 Å². The van der Waals surface area contributed by atoms with Gasteiger partial charge in [-0.25, -0.2) is 0 Å². The van der Waals surface area contributed by atoms with Gasteiger partial charge < -0.3 is 9.47 Å². The van der Waals surface area contributed by atoms with E-state index < -0.39 is 0 Å². The zero-order valence-electron chi connectivity index (χ0n) is 14.3. The Morgan fingerprint density at radius 3 is 2.27 bits per heavy atom. The zero-order chi connectivity index (χ0) is 18.4. The minimum atomic E-state index is -0.167. The quantitative estimate of drug-likeness (QED) is 0.619. The largest absolute Gasteiger partial charge is 0.493 e. The highest BCUT2D eigenvalue weighted by Crippen LogP contribution is 2.30. The van der Waals surface area contributed by atoms with Crippen LogP contribution in [0.2, 0.25) is 0 Å². The summed E-state index contributed by atoms with van der Waals surface area (Å²) in [6, 6.07) is 24.4. The summed E-state index contributed by atoms with van der Waals surface area (Å²) in [4.78, 5) is 12.4. The molecule has 0 aromatic heterocycles. The van der Waals surface area contributed by atoms with Crippen LogP contribution in [0.15, 0.2) is 72.8 Å². The molecule has 0 unspecified atom stereocenters. The Morgan fingerprint density at radius 2 is 1.62 bits per heavy atom. The average Bonchev–Trinajstić information content (AvgIpc) is 2.72. The molecule has 0 aliphatic rings. The van der Waals surface area contributed by atoms with Crippen molar-refractivity contribution in [3.8, 4) is 28.7 Å². The standard InChI is InChI=1S/C22H17NO3/c1-25-21-9-5-8-19(14-23)22(21)26-15-20(24)18-12-10-17(11-13-18)16-6-3-2-4-7-16/h2-13H,15H2,1H3. The predicted molar refractivity (Wildman–Crippen MR) is 99.4 cm³/mol. The van der Waals surface area contributed by atoms with Crippen molar-refractivity contribution in [1.29, 1.82) is 5.26 Å². The number of benzene rings is 3. The maximum Gasteiger partial charge on any atom is 0.200 e. The van der Waals surface area contributed by atoms with Crippen molar-refractivity contribution in [2.45, 2.75) is 0 Å². The summed E-state index contributed by atoms with van der Waals surface area (Å²) < 4.78 is 10.8. The van der Waals surface area contributed by atoms with Gasteiger partial charge in [-0.2, -0.15) is 5.26 Å². The smallest absolute Gasteiger partial charge is 0.200 e. The SMILES string of the molecule is COc1cccc(C#N)c1OCC(=O)c1ccc(-c2ccccc2)cc1. The molecule has 0 radical (unpaired) electrons. The Hall–Kier alpha value is -3.58. The number of ketones is 1. The minimum absolute atomic E-state index is 0.167. The number of ether oxygens (including phenoxy) is 2. The van der Waals surface area contributed by atoms with Crippen LogP contribution in [0.3, 0.4) is 0 Å². The van der Waals surface area contributed by atoms with Crippen molar-refractivity contribution in [3.63, 3.8) is 0 Å². The van der Waals surface area contributed by atoms with E-state index in [1.165, 1.54) is 7.11 Å². The number of para-hydroxylation sites is 1. The molecule has 0 N–H and O–H groups in total. The van der Waals surface area contributed by atoms with Crippen LogP contribution in [0.25, 0.3) is 11.1 Å². The molecule has 4 nitrogen and oxygen atoms in total. The monoisotopic (exact) mass is 343 g/mol. The summed E-state index contributed by atoms with van der Waals surface area (Å²) in [5, 5.41) is 9.19. The van der Waals surface area contributed by atoms with E-state index in [4.69, 9.17) is 9.47 Å². The molecule has 0 heterocycles. The average molecular weight is 343 g/mol. The van der Waals surface area contributed by atoms with Crippen LogP contribution in [0.1, 0.15) is 15.9 Å². The van der Waals surface area contributed by atoms with Crippen molar-refractivity contribution in [1.82, 2.24) is 0 Å². The van der Waals surface area contributed by atoms with Crippen molar-refractivity contribution in [2.75, 3.05) is 13.7 Å². The van der Waals surface area contributed by atoms with Crippen LogP contribution in [-0.2, 0) is 0 Å². The third-order valence-corrected chi connectivity index (χ3v) is 3.98. The molecule has 0 aliphatic heterocycles. The lowest BCUT2D eigenvalue weighted by molar-refractivity contribution is 0.0919. The van der Waals surface area contributed by atoms with E-state index >= 15 is 0 Å². The summed E-state index contributed by atoms with van der Waals surface area (Å²) in [5.41, 5.74) is 3.02. The molecular weight excluding hydrogens is 326 g/mol. The molecule has 0 spiro atoms. The number of carbonyl (C=O) groups is 1. The summed E-state index contributed by atoms with van der Waals surface area (Å²) >= 11 is 0. The number of nitriles is 1. The molecule has 0 saturated carbocycles. The second-order valence-electron chi connectivity index (χ2n) is 5.60. The maximum absolute atomic E-state index is 12.4. The van der Waals surface area contributed by atoms with Crippen molar-refractivity contribution >= 4 is 5.78 Å². The summed E-state index contributed by atoms with van der Waals surface area (Å²) in [6.07, 6.45) is 0. The number of carbonyl (C=O) groups excluding carboxylic acids is 1. The summed E-state index contributed by atoms with van der Waals surface area (Å²) in [7, 11) is 1.49. The van der Waals surface area contributed by atoms with E-state index in [-0.39, 0.29) is 18.1 Å². The molecule has 4 heteroatoms. The summed E-state index contributed by atoms with van der Waals surface area (Å²) in [6.45, 7) is -0.167. The lowest BCUT2D eigenvalue weighted by atomic mass is 10.0. The molecule has 128 valence electrons. The highest BCUT2D eigenvalue weighted by molar-refractivity contribution is 5.97. The Labute approximate surface area is 152 Å². The van der Waals surface area contributed by atoms with Gasteiger partial charge >= 0.3 is 0 Å². The molecule has 0 saturated heterocycles. The number of methoxy groups -OCH3 is 1. The van der Waals surface area contributed by atoms with Crippen molar-refractivity contribution < 1.29 is 14.3 Å². The number of hydrogen-bond donors (Lipinski definition) is 0. The van der Waals surface area contributed by atoms with Gasteiger partial charge in [-0.3, -0.25) is 4.79 Å². The van der Waals surface area contributed by atoms with E-state index in [0.29, 0.717) is 16.9 Å². The lowest BCUT2D eigenvalue weighted by Crippen LogP contribution is -2.12. The second kappa shape index (κ2) is 8.00. The minimum Gasteiger partial charge on any atom is -0.493 e. The van der Waals surface area contributed by atoms with E-state index in [1.54, 1.807) is 30.3 Å². The first-order chi connectivity index (χ1) is 12.7. The van der Waals surface area contributed by atoms with Crippen LogP contribution in [0.4, 0.5) is 0 Å². The molecule has 3 aromatic rings. The fraction of sp³-hybridized carbons (Fsp3) is 0.0909. The fourth-order valence-electron chi connectivity index (χ4n) is 2.61. The number of hydrogen-bond acceptors (Lipinski definition) is 4. The van der Waals surface area contributed by atoms with Gasteiger partial charge in [0.15, 0.2) is 23.9 Å². The topological polar surface area (TPSA) is 59.3 Å². The van der Waals surface area contributed by atoms with Gasteiger partial charge in [0.05, 0.1) is 12.7 Å². The molecule has 0 fully saturated rings. The highest BCUT2D eigenvalue weighted by atomic mass is 16.5. The molecule has 3 aromatic carbocycles. The van der Waals surface area contributed by atoms with Crippen LogP contribution in [-0.4, -0.2) is 19.5 Å². The highest BCUT2D eigenvalue weighted by Gasteiger charge is 2.13. The van der Waals surface area contributed by atoms with E-state index in [1.807, 2.05) is 48.5 Å². The van der Waals surface area contributed by atoms with Gasteiger partial charge in [0, 0.05) is 5.56 Å². The molecular formula is C22H17NO3. The first-order valence-electron chi connectivity index (χ1n) is 8.11.